The van der Waals surface area contributed by atoms with Gasteiger partial charge >= 0.3 is 0 Å². The van der Waals surface area contributed by atoms with Gasteiger partial charge in [-0.1, -0.05) is 58.0 Å². The highest BCUT2D eigenvalue weighted by Gasteiger charge is 2.56. The van der Waals surface area contributed by atoms with Crippen LogP contribution in [0.3, 0.4) is 0 Å². The van der Waals surface area contributed by atoms with Crippen LogP contribution in [0.2, 0.25) is 0 Å². The lowest BCUT2D eigenvalue weighted by Gasteiger charge is -2.45. The Hall–Kier alpha value is -0.940. The smallest absolute Gasteiger partial charge is 0.0868 e. The highest BCUT2D eigenvalue weighted by atomic mass is 16.3. The van der Waals surface area contributed by atoms with E-state index in [4.69, 9.17) is 0 Å². The predicted octanol–water partition coefficient (Wildman–Crippen LogP) is 4.68. The molecule has 1 aromatic carbocycles. The first-order valence-corrected chi connectivity index (χ1v) is 12.4. The van der Waals surface area contributed by atoms with Crippen LogP contribution >= 0.6 is 0 Å². The minimum atomic E-state index is -0.720. The molecule has 0 unspecified atom stereocenters. The molecule has 4 heteroatoms. The summed E-state index contributed by atoms with van der Waals surface area (Å²) in [5.41, 5.74) is 0.512. The fraction of sp³-hybridized carbons (Fsp3) is 0.778. The fourth-order valence-corrected chi connectivity index (χ4v) is 6.92. The molecule has 2 aliphatic carbocycles. The summed E-state index contributed by atoms with van der Waals surface area (Å²) in [5.74, 6) is 0.663. The van der Waals surface area contributed by atoms with Crippen LogP contribution in [-0.2, 0) is 0 Å². The Kier molecular flexibility index (Phi) is 6.33. The van der Waals surface area contributed by atoms with Gasteiger partial charge in [0.05, 0.1) is 17.8 Å². The standard InChI is InChI=1S/C27H43NO3/c1-25(2,3)20-13-15-27(31,16-14-20)18-28-21(19-9-6-5-7-10-19)17-26(4)23(28)12-8-11-22(29)24(26)30/h5-7,9-10,20-24,29-31H,8,11-18H2,1-4H3/t20?,21-,22+,23-,24+,26-,27?/m1/s1. The third-order valence-corrected chi connectivity index (χ3v) is 9.01. The molecule has 1 heterocycles. The summed E-state index contributed by atoms with van der Waals surface area (Å²) >= 11 is 0. The molecule has 4 nitrogen and oxygen atoms in total. The fourth-order valence-electron chi connectivity index (χ4n) is 6.92. The molecule has 3 aliphatic rings. The predicted molar refractivity (Wildman–Crippen MR) is 125 cm³/mol. The number of rotatable bonds is 3. The third kappa shape index (κ3) is 4.46. The molecule has 3 fully saturated rings. The first-order chi connectivity index (χ1) is 14.5. The van der Waals surface area contributed by atoms with Crippen molar-refractivity contribution in [1.29, 1.82) is 0 Å². The highest BCUT2D eigenvalue weighted by molar-refractivity contribution is 5.24. The Labute approximate surface area is 188 Å². The monoisotopic (exact) mass is 429 g/mol. The normalized spacial score (nSPS) is 42.2. The van der Waals surface area contributed by atoms with E-state index in [1.807, 2.05) is 6.07 Å². The number of aliphatic hydroxyl groups is 3. The van der Waals surface area contributed by atoms with Crippen molar-refractivity contribution in [2.45, 2.75) is 109 Å². The first-order valence-electron chi connectivity index (χ1n) is 12.4. The van der Waals surface area contributed by atoms with Crippen molar-refractivity contribution >= 4 is 0 Å². The molecule has 174 valence electrons. The second-order valence-electron chi connectivity index (χ2n) is 12.1. The summed E-state index contributed by atoms with van der Waals surface area (Å²) in [4.78, 5) is 2.51. The van der Waals surface area contributed by atoms with Gasteiger partial charge < -0.3 is 15.3 Å². The summed E-state index contributed by atoms with van der Waals surface area (Å²) in [7, 11) is 0. The van der Waals surface area contributed by atoms with E-state index < -0.39 is 17.8 Å². The van der Waals surface area contributed by atoms with E-state index in [0.29, 0.717) is 24.3 Å². The molecule has 2 saturated carbocycles. The van der Waals surface area contributed by atoms with E-state index in [2.05, 4.69) is 56.9 Å². The van der Waals surface area contributed by atoms with Crippen LogP contribution in [-0.4, -0.2) is 50.6 Å². The lowest BCUT2D eigenvalue weighted by Crippen LogP contribution is -2.52. The van der Waals surface area contributed by atoms with Crippen molar-refractivity contribution in [1.82, 2.24) is 4.90 Å². The Bertz CT molecular complexity index is 737. The van der Waals surface area contributed by atoms with Crippen LogP contribution in [0.1, 0.15) is 90.7 Å². The van der Waals surface area contributed by atoms with E-state index in [9.17, 15) is 15.3 Å². The van der Waals surface area contributed by atoms with Gasteiger partial charge in [-0.15, -0.1) is 0 Å². The molecular weight excluding hydrogens is 386 g/mol. The maximum atomic E-state index is 11.7. The van der Waals surface area contributed by atoms with Crippen LogP contribution in [0, 0.1) is 16.7 Å². The number of β-amino-alcohol motifs (C(OH)–C–C–N with tert-alkyl or cyclic N) is 1. The Morgan fingerprint density at radius 2 is 1.65 bits per heavy atom. The zero-order chi connectivity index (χ0) is 22.4. The van der Waals surface area contributed by atoms with Crippen LogP contribution in [0.15, 0.2) is 30.3 Å². The lowest BCUT2D eigenvalue weighted by molar-refractivity contribution is -0.0801. The SMILES string of the molecule is CC(C)(C)C1CCC(O)(CN2[C@@H](c3ccccc3)C[C@@]3(C)[C@@H](O)[C@@H](O)CCC[C@@H]23)CC1. The van der Waals surface area contributed by atoms with Crippen LogP contribution in [0.4, 0.5) is 0 Å². The number of nitrogens with zero attached hydrogens (tertiary/aromatic N) is 1. The summed E-state index contributed by atoms with van der Waals surface area (Å²) in [6.45, 7) is 9.77. The molecule has 0 aromatic heterocycles. The van der Waals surface area contributed by atoms with Crippen LogP contribution in [0.25, 0.3) is 0 Å². The summed E-state index contributed by atoms with van der Waals surface area (Å²) in [5, 5.41) is 33.4. The number of aliphatic hydroxyl groups excluding tert-OH is 2. The van der Waals surface area contributed by atoms with Gasteiger partial charge in [-0.3, -0.25) is 4.90 Å². The average Bonchev–Trinajstić information content (AvgIpc) is 2.94. The van der Waals surface area contributed by atoms with Gasteiger partial charge in [-0.25, -0.2) is 0 Å². The second-order valence-corrected chi connectivity index (χ2v) is 12.1. The van der Waals surface area contributed by atoms with Crippen molar-refractivity contribution in [3.05, 3.63) is 35.9 Å². The molecule has 0 bridgehead atoms. The minimum Gasteiger partial charge on any atom is -0.390 e. The largest absolute Gasteiger partial charge is 0.390 e. The molecule has 3 N–H and O–H groups in total. The number of likely N-dealkylation sites (tertiary alicyclic amines) is 1. The molecular formula is C27H43NO3. The maximum Gasteiger partial charge on any atom is 0.0868 e. The zero-order valence-electron chi connectivity index (χ0n) is 19.9. The molecule has 0 amide bonds. The van der Waals surface area contributed by atoms with Gasteiger partial charge in [0.25, 0.3) is 0 Å². The van der Waals surface area contributed by atoms with Gasteiger partial charge in [-0.2, -0.15) is 0 Å². The number of hydrogen-bond acceptors (Lipinski definition) is 4. The third-order valence-electron chi connectivity index (χ3n) is 9.01. The molecule has 4 rings (SSSR count). The van der Waals surface area contributed by atoms with Crippen molar-refractivity contribution in [2.24, 2.45) is 16.7 Å². The maximum absolute atomic E-state index is 11.7. The van der Waals surface area contributed by atoms with E-state index in [-0.39, 0.29) is 17.5 Å². The van der Waals surface area contributed by atoms with E-state index >= 15 is 0 Å². The molecule has 1 aromatic rings. The van der Waals surface area contributed by atoms with E-state index in [1.165, 1.54) is 5.56 Å². The van der Waals surface area contributed by atoms with Crippen molar-refractivity contribution in [3.63, 3.8) is 0 Å². The van der Waals surface area contributed by atoms with Crippen molar-refractivity contribution < 1.29 is 15.3 Å². The quantitative estimate of drug-likeness (QED) is 0.653. The molecule has 1 aliphatic heterocycles. The first kappa shape index (κ1) is 23.2. The Balaban J connectivity index is 1.61. The van der Waals surface area contributed by atoms with Crippen molar-refractivity contribution in [3.8, 4) is 0 Å². The summed E-state index contributed by atoms with van der Waals surface area (Å²) in [6, 6.07) is 10.9. The second kappa shape index (κ2) is 8.44. The zero-order valence-corrected chi connectivity index (χ0v) is 19.9. The van der Waals surface area contributed by atoms with Gasteiger partial charge in [0, 0.05) is 24.0 Å². The van der Waals surface area contributed by atoms with Crippen LogP contribution in [0.5, 0.6) is 0 Å². The lowest BCUT2D eigenvalue weighted by atomic mass is 9.68. The summed E-state index contributed by atoms with van der Waals surface area (Å²) in [6.07, 6.45) is 5.84. The van der Waals surface area contributed by atoms with Gasteiger partial charge in [0.2, 0.25) is 0 Å². The van der Waals surface area contributed by atoms with E-state index in [1.54, 1.807) is 0 Å². The van der Waals surface area contributed by atoms with Crippen LogP contribution < -0.4 is 0 Å². The number of hydrogen-bond donors (Lipinski definition) is 3. The van der Waals surface area contributed by atoms with Gasteiger partial charge in [0.1, 0.15) is 0 Å². The van der Waals surface area contributed by atoms with Gasteiger partial charge in [-0.05, 0) is 68.3 Å². The molecule has 1 saturated heterocycles. The number of fused-ring (bicyclic) bond motifs is 1. The average molecular weight is 430 g/mol. The number of benzene rings is 1. The molecule has 0 radical (unpaired) electrons. The molecule has 31 heavy (non-hydrogen) atoms. The Morgan fingerprint density at radius 3 is 2.26 bits per heavy atom. The summed E-state index contributed by atoms with van der Waals surface area (Å²) < 4.78 is 0. The van der Waals surface area contributed by atoms with Crippen molar-refractivity contribution in [2.75, 3.05) is 6.54 Å². The Morgan fingerprint density at radius 1 is 1.00 bits per heavy atom. The topological polar surface area (TPSA) is 63.9 Å². The minimum absolute atomic E-state index is 0.167. The van der Waals surface area contributed by atoms with Gasteiger partial charge in [0.15, 0.2) is 0 Å². The molecule has 0 spiro atoms. The molecule has 5 atom stereocenters. The van der Waals surface area contributed by atoms with E-state index in [0.717, 1.165) is 44.9 Å². The highest BCUT2D eigenvalue weighted by Crippen LogP contribution is 2.54.